The van der Waals surface area contributed by atoms with Gasteiger partial charge in [-0.3, -0.25) is 4.90 Å². The topological polar surface area (TPSA) is 48.0 Å². The van der Waals surface area contributed by atoms with Gasteiger partial charge in [-0.05, 0) is 54.8 Å². The van der Waals surface area contributed by atoms with Gasteiger partial charge < -0.3 is 20.1 Å². The van der Waals surface area contributed by atoms with Crippen LogP contribution in [0, 0.1) is 0 Å². The molecule has 1 saturated heterocycles. The van der Waals surface area contributed by atoms with Crippen LogP contribution in [0.15, 0.2) is 78.9 Å². The van der Waals surface area contributed by atoms with Crippen molar-refractivity contribution in [3.63, 3.8) is 0 Å². The minimum Gasteiger partial charge on any atom is -0.508 e. The number of rotatable bonds is 10. The third-order valence-corrected chi connectivity index (χ3v) is 6.44. The van der Waals surface area contributed by atoms with Gasteiger partial charge in [-0.15, -0.1) is 0 Å². The predicted molar refractivity (Wildman–Crippen MR) is 135 cm³/mol. The van der Waals surface area contributed by atoms with Crippen molar-refractivity contribution in [3.8, 4) is 11.5 Å². The van der Waals surface area contributed by atoms with Crippen molar-refractivity contribution < 1.29 is 9.84 Å². The lowest BCUT2D eigenvalue weighted by Gasteiger charge is -2.43. The number of aromatic hydroxyl groups is 1. The Kier molecular flexibility index (Phi) is 8.23. The number of ether oxygens (including phenoxy) is 1. The van der Waals surface area contributed by atoms with Gasteiger partial charge in [-0.25, -0.2) is 0 Å². The average Bonchev–Trinajstić information content (AvgIpc) is 2.86. The molecular formula is C28H35N3O2. The van der Waals surface area contributed by atoms with Gasteiger partial charge in [0.1, 0.15) is 11.5 Å². The molecule has 2 N–H and O–H groups in total. The molecule has 0 bridgehead atoms. The largest absolute Gasteiger partial charge is 0.508 e. The molecule has 0 amide bonds. The summed E-state index contributed by atoms with van der Waals surface area (Å²) in [6.45, 7) is 6.01. The van der Waals surface area contributed by atoms with Crippen molar-refractivity contribution in [3.05, 3.63) is 90.0 Å². The van der Waals surface area contributed by atoms with Crippen LogP contribution in [0.3, 0.4) is 0 Å². The first-order valence-corrected chi connectivity index (χ1v) is 11.9. The summed E-state index contributed by atoms with van der Waals surface area (Å²) in [7, 11) is 1.72. The number of anilines is 1. The average molecular weight is 446 g/mol. The number of nitrogens with zero attached hydrogens (tertiary/aromatic N) is 2. The molecule has 0 unspecified atom stereocenters. The molecule has 33 heavy (non-hydrogen) atoms. The zero-order valence-electron chi connectivity index (χ0n) is 19.5. The second kappa shape index (κ2) is 11.7. The second-order valence-electron chi connectivity index (χ2n) is 8.69. The summed E-state index contributed by atoms with van der Waals surface area (Å²) in [5.74, 6) is 1.22. The first kappa shape index (κ1) is 23.1. The smallest absolute Gasteiger partial charge is 0.120 e. The van der Waals surface area contributed by atoms with E-state index in [1.54, 1.807) is 19.2 Å². The Morgan fingerprint density at radius 2 is 1.73 bits per heavy atom. The standard InChI is InChI=1S/C28H35N3O2/c1-33-28-9-5-8-25(21-28)31-19-18-30(17-16-29-15-14-23-6-3-2-4-7-23)26(22-31)20-24-10-12-27(32)13-11-24/h2-13,21,26,29,32H,14-20,22H2,1H3/t26-/m0/s1. The Bertz CT molecular complexity index is 978. The second-order valence-corrected chi connectivity index (χ2v) is 8.69. The van der Waals surface area contributed by atoms with Crippen molar-refractivity contribution >= 4 is 5.69 Å². The molecule has 1 fully saturated rings. The SMILES string of the molecule is COc1cccc(N2CCN(CCNCCc3ccccc3)[C@@H](Cc3ccc(O)cc3)C2)c1. The van der Waals surface area contributed by atoms with Crippen molar-refractivity contribution in [1.29, 1.82) is 0 Å². The van der Waals surface area contributed by atoms with E-state index in [2.05, 4.69) is 63.6 Å². The van der Waals surface area contributed by atoms with Gasteiger partial charge >= 0.3 is 0 Å². The van der Waals surface area contributed by atoms with Crippen LogP contribution in [0.25, 0.3) is 0 Å². The third-order valence-electron chi connectivity index (χ3n) is 6.44. The lowest BCUT2D eigenvalue weighted by Crippen LogP contribution is -2.55. The number of piperazine rings is 1. The normalized spacial score (nSPS) is 16.6. The van der Waals surface area contributed by atoms with Crippen LogP contribution in [0.4, 0.5) is 5.69 Å². The molecule has 174 valence electrons. The maximum absolute atomic E-state index is 9.66. The Morgan fingerprint density at radius 1 is 0.909 bits per heavy atom. The summed E-state index contributed by atoms with van der Waals surface area (Å²) in [6, 6.07) is 27.0. The molecule has 0 saturated carbocycles. The highest BCUT2D eigenvalue weighted by molar-refractivity contribution is 5.51. The maximum atomic E-state index is 9.66. The van der Waals surface area contributed by atoms with Crippen molar-refractivity contribution in [2.75, 3.05) is 51.3 Å². The Balaban J connectivity index is 1.36. The van der Waals surface area contributed by atoms with Gasteiger partial charge in [0.05, 0.1) is 7.11 Å². The van der Waals surface area contributed by atoms with Crippen molar-refractivity contribution in [1.82, 2.24) is 10.2 Å². The number of hydrogen-bond donors (Lipinski definition) is 2. The van der Waals surface area contributed by atoms with Crippen molar-refractivity contribution in [2.24, 2.45) is 0 Å². The highest BCUT2D eigenvalue weighted by atomic mass is 16.5. The molecule has 0 aliphatic carbocycles. The number of benzene rings is 3. The summed E-state index contributed by atoms with van der Waals surface area (Å²) < 4.78 is 5.44. The summed E-state index contributed by atoms with van der Waals surface area (Å²) in [6.07, 6.45) is 2.02. The zero-order chi connectivity index (χ0) is 22.9. The van der Waals surface area contributed by atoms with Gasteiger partial charge in [-0.1, -0.05) is 48.5 Å². The van der Waals surface area contributed by atoms with E-state index in [4.69, 9.17) is 4.74 Å². The molecule has 4 rings (SSSR count). The van der Waals surface area contributed by atoms with E-state index < -0.39 is 0 Å². The third kappa shape index (κ3) is 6.73. The van der Waals surface area contributed by atoms with Gasteiger partial charge in [0.25, 0.3) is 0 Å². The summed E-state index contributed by atoms with van der Waals surface area (Å²) in [4.78, 5) is 5.08. The van der Waals surface area contributed by atoms with Gasteiger partial charge in [0, 0.05) is 50.5 Å². The molecule has 0 aromatic heterocycles. The molecule has 1 aliphatic rings. The fourth-order valence-corrected chi connectivity index (χ4v) is 4.55. The van der Waals surface area contributed by atoms with Crippen LogP contribution in [-0.4, -0.2) is 62.4 Å². The molecule has 1 heterocycles. The van der Waals surface area contributed by atoms with Crippen LogP contribution in [0.2, 0.25) is 0 Å². The fourth-order valence-electron chi connectivity index (χ4n) is 4.55. The van der Waals surface area contributed by atoms with E-state index in [1.807, 2.05) is 18.2 Å². The highest BCUT2D eigenvalue weighted by Crippen LogP contribution is 2.25. The Morgan fingerprint density at radius 3 is 2.52 bits per heavy atom. The van der Waals surface area contributed by atoms with E-state index in [-0.39, 0.29) is 0 Å². The summed E-state index contributed by atoms with van der Waals surface area (Å²) >= 11 is 0. The molecule has 0 radical (unpaired) electrons. The number of hydrogen-bond acceptors (Lipinski definition) is 5. The van der Waals surface area contributed by atoms with Gasteiger partial charge in [0.15, 0.2) is 0 Å². The lowest BCUT2D eigenvalue weighted by molar-refractivity contribution is 0.176. The van der Waals surface area contributed by atoms with Gasteiger partial charge in [-0.2, -0.15) is 0 Å². The number of phenolic OH excluding ortho intramolecular Hbond substituents is 1. The van der Waals surface area contributed by atoms with Crippen LogP contribution in [0.5, 0.6) is 11.5 Å². The minimum atomic E-state index is 0.319. The van der Waals surface area contributed by atoms with Crippen molar-refractivity contribution in [2.45, 2.75) is 18.9 Å². The minimum absolute atomic E-state index is 0.319. The Hall–Kier alpha value is -3.02. The summed E-state index contributed by atoms with van der Waals surface area (Å²) in [5.41, 5.74) is 3.85. The first-order valence-electron chi connectivity index (χ1n) is 11.9. The monoisotopic (exact) mass is 445 g/mol. The van der Waals surface area contributed by atoms with E-state index in [0.29, 0.717) is 11.8 Å². The Labute approximate surface area is 197 Å². The van der Waals surface area contributed by atoms with E-state index in [1.165, 1.54) is 16.8 Å². The number of phenols is 1. The summed E-state index contributed by atoms with van der Waals surface area (Å²) in [5, 5.41) is 13.3. The van der Waals surface area contributed by atoms with E-state index in [9.17, 15) is 5.11 Å². The molecule has 1 atom stereocenters. The highest BCUT2D eigenvalue weighted by Gasteiger charge is 2.27. The predicted octanol–water partition coefficient (Wildman–Crippen LogP) is 3.97. The van der Waals surface area contributed by atoms with E-state index >= 15 is 0 Å². The van der Waals surface area contributed by atoms with Crippen LogP contribution in [-0.2, 0) is 12.8 Å². The molecule has 3 aromatic rings. The molecule has 0 spiro atoms. The zero-order valence-corrected chi connectivity index (χ0v) is 19.5. The van der Waals surface area contributed by atoms with Gasteiger partial charge in [0.2, 0.25) is 0 Å². The molecule has 1 aliphatic heterocycles. The fraction of sp³-hybridized carbons (Fsp3) is 0.357. The quantitative estimate of drug-likeness (QED) is 0.463. The molecule has 5 heteroatoms. The molecule has 3 aromatic carbocycles. The molecular weight excluding hydrogens is 410 g/mol. The van der Waals surface area contributed by atoms with E-state index in [0.717, 1.165) is 57.9 Å². The lowest BCUT2D eigenvalue weighted by atomic mass is 10.0. The first-order chi connectivity index (χ1) is 16.2. The van der Waals surface area contributed by atoms with Crippen LogP contribution in [0.1, 0.15) is 11.1 Å². The van der Waals surface area contributed by atoms with Crippen LogP contribution >= 0.6 is 0 Å². The molecule has 5 nitrogen and oxygen atoms in total. The maximum Gasteiger partial charge on any atom is 0.120 e. The van der Waals surface area contributed by atoms with Crippen LogP contribution < -0.4 is 15.0 Å². The number of nitrogens with one attached hydrogen (secondary N) is 1. The number of methoxy groups -OCH3 is 1.